The summed E-state index contributed by atoms with van der Waals surface area (Å²) >= 11 is 0. The predicted octanol–water partition coefficient (Wildman–Crippen LogP) is 2.21. The van der Waals surface area contributed by atoms with Gasteiger partial charge < -0.3 is 10.3 Å². The maximum atomic E-state index is 6.26. The molecule has 1 aromatic heterocycles. The number of aryl methyl sites for hydroxylation is 1. The molecule has 0 bridgehead atoms. The first kappa shape index (κ1) is 11.6. The number of imidazole rings is 1. The Bertz CT molecular complexity index is 354. The lowest BCUT2D eigenvalue weighted by Crippen LogP contribution is -2.28. The highest BCUT2D eigenvalue weighted by Gasteiger charge is 2.48. The minimum atomic E-state index is 0.271. The summed E-state index contributed by atoms with van der Waals surface area (Å²) in [4.78, 5) is 4.42. The van der Waals surface area contributed by atoms with Gasteiger partial charge in [0.2, 0.25) is 0 Å². The van der Waals surface area contributed by atoms with Crippen molar-refractivity contribution in [2.75, 3.05) is 0 Å². The summed E-state index contributed by atoms with van der Waals surface area (Å²) in [5.74, 6) is 1.83. The van der Waals surface area contributed by atoms with Gasteiger partial charge in [0.1, 0.15) is 5.82 Å². The fourth-order valence-electron chi connectivity index (χ4n) is 2.57. The van der Waals surface area contributed by atoms with Gasteiger partial charge in [-0.1, -0.05) is 20.8 Å². The molecule has 2 N–H and O–H groups in total. The van der Waals surface area contributed by atoms with E-state index in [4.69, 9.17) is 5.73 Å². The van der Waals surface area contributed by atoms with Crippen LogP contribution < -0.4 is 5.73 Å². The van der Waals surface area contributed by atoms with Crippen LogP contribution in [0.15, 0.2) is 12.4 Å². The minimum Gasteiger partial charge on any atom is -0.335 e. The molecule has 16 heavy (non-hydrogen) atoms. The van der Waals surface area contributed by atoms with E-state index in [1.165, 1.54) is 6.42 Å². The monoisotopic (exact) mass is 221 g/mol. The average molecular weight is 221 g/mol. The van der Waals surface area contributed by atoms with Crippen LogP contribution >= 0.6 is 0 Å². The van der Waals surface area contributed by atoms with Crippen molar-refractivity contribution in [2.45, 2.75) is 52.6 Å². The summed E-state index contributed by atoms with van der Waals surface area (Å²) in [5.41, 5.74) is 6.72. The molecule has 2 unspecified atom stereocenters. The maximum Gasteiger partial charge on any atom is 0.110 e. The predicted molar refractivity (Wildman–Crippen MR) is 66.1 cm³/mol. The van der Waals surface area contributed by atoms with Gasteiger partial charge in [-0.05, 0) is 24.2 Å². The molecule has 1 saturated carbocycles. The molecule has 3 heteroatoms. The minimum absolute atomic E-state index is 0.271. The van der Waals surface area contributed by atoms with Gasteiger partial charge in [0, 0.05) is 31.4 Å². The van der Waals surface area contributed by atoms with E-state index in [0.717, 1.165) is 25.2 Å². The second-order valence-corrected chi connectivity index (χ2v) is 5.70. The van der Waals surface area contributed by atoms with Crippen LogP contribution in [0.2, 0.25) is 0 Å². The number of nitrogens with two attached hydrogens (primary N) is 1. The second-order valence-electron chi connectivity index (χ2n) is 5.70. The Hall–Kier alpha value is -0.830. The number of aromatic nitrogens is 2. The summed E-state index contributed by atoms with van der Waals surface area (Å²) in [6.07, 6.45) is 7.27. The first-order valence-electron chi connectivity index (χ1n) is 6.30. The lowest BCUT2D eigenvalue weighted by molar-refractivity contribution is 0.462. The molecule has 1 aliphatic carbocycles. The first-order chi connectivity index (χ1) is 7.54. The van der Waals surface area contributed by atoms with Crippen molar-refractivity contribution in [1.29, 1.82) is 0 Å². The Balaban J connectivity index is 1.96. The summed E-state index contributed by atoms with van der Waals surface area (Å²) in [5, 5.41) is 0. The SMILES string of the molecule is CCCn1ccnc1CC(N)C1CC1(C)C. The van der Waals surface area contributed by atoms with Crippen molar-refractivity contribution in [3.05, 3.63) is 18.2 Å². The van der Waals surface area contributed by atoms with Gasteiger partial charge in [-0.15, -0.1) is 0 Å². The van der Waals surface area contributed by atoms with Crippen molar-refractivity contribution in [2.24, 2.45) is 17.1 Å². The van der Waals surface area contributed by atoms with Gasteiger partial charge in [0.15, 0.2) is 0 Å². The third kappa shape index (κ3) is 2.29. The van der Waals surface area contributed by atoms with Crippen LogP contribution in [0.1, 0.15) is 39.4 Å². The largest absolute Gasteiger partial charge is 0.335 e. The maximum absolute atomic E-state index is 6.26. The zero-order valence-electron chi connectivity index (χ0n) is 10.6. The molecule has 0 aromatic carbocycles. The molecule has 0 radical (unpaired) electrons. The Kier molecular flexibility index (Phi) is 3.06. The van der Waals surface area contributed by atoms with Gasteiger partial charge >= 0.3 is 0 Å². The molecule has 0 aliphatic heterocycles. The van der Waals surface area contributed by atoms with Crippen LogP contribution in [0, 0.1) is 11.3 Å². The van der Waals surface area contributed by atoms with Crippen LogP contribution in [-0.2, 0) is 13.0 Å². The summed E-state index contributed by atoms with van der Waals surface area (Å²) < 4.78 is 2.23. The number of hydrogen-bond acceptors (Lipinski definition) is 2. The fourth-order valence-corrected chi connectivity index (χ4v) is 2.57. The van der Waals surface area contributed by atoms with Crippen LogP contribution in [-0.4, -0.2) is 15.6 Å². The van der Waals surface area contributed by atoms with E-state index in [1.807, 2.05) is 6.20 Å². The van der Waals surface area contributed by atoms with Crippen molar-refractivity contribution in [3.8, 4) is 0 Å². The Morgan fingerprint density at radius 3 is 2.88 bits per heavy atom. The topological polar surface area (TPSA) is 43.8 Å². The molecule has 2 rings (SSSR count). The fraction of sp³-hybridized carbons (Fsp3) is 0.769. The van der Waals surface area contributed by atoms with Gasteiger partial charge in [-0.3, -0.25) is 0 Å². The highest BCUT2D eigenvalue weighted by atomic mass is 15.1. The quantitative estimate of drug-likeness (QED) is 0.828. The lowest BCUT2D eigenvalue weighted by atomic mass is 10.0. The summed E-state index contributed by atoms with van der Waals surface area (Å²) in [7, 11) is 0. The molecule has 0 saturated heterocycles. The van der Waals surface area contributed by atoms with Gasteiger partial charge in [0.25, 0.3) is 0 Å². The third-order valence-corrected chi connectivity index (χ3v) is 3.79. The standard InChI is InChI=1S/C13H23N3/c1-4-6-16-7-5-15-12(16)8-11(14)10-9-13(10,2)3/h5,7,10-11H,4,6,8-9,14H2,1-3H3. The van der Waals surface area contributed by atoms with Crippen LogP contribution in [0.4, 0.5) is 0 Å². The first-order valence-corrected chi connectivity index (χ1v) is 6.30. The van der Waals surface area contributed by atoms with E-state index in [0.29, 0.717) is 11.3 Å². The van der Waals surface area contributed by atoms with E-state index in [-0.39, 0.29) is 6.04 Å². The molecule has 0 spiro atoms. The number of nitrogens with zero attached hydrogens (tertiary/aromatic N) is 2. The molecule has 90 valence electrons. The van der Waals surface area contributed by atoms with Crippen LogP contribution in [0.25, 0.3) is 0 Å². The van der Waals surface area contributed by atoms with Gasteiger partial charge in [0.05, 0.1) is 0 Å². The van der Waals surface area contributed by atoms with E-state index < -0.39 is 0 Å². The van der Waals surface area contributed by atoms with Crippen molar-refractivity contribution in [3.63, 3.8) is 0 Å². The molecule has 2 atom stereocenters. The molecular formula is C13H23N3. The molecule has 1 aliphatic rings. The number of hydrogen-bond donors (Lipinski definition) is 1. The molecule has 0 amide bonds. The Morgan fingerprint density at radius 2 is 2.31 bits per heavy atom. The lowest BCUT2D eigenvalue weighted by Gasteiger charge is -2.14. The van der Waals surface area contributed by atoms with Crippen molar-refractivity contribution in [1.82, 2.24) is 9.55 Å². The normalized spacial score (nSPS) is 24.4. The third-order valence-electron chi connectivity index (χ3n) is 3.79. The van der Waals surface area contributed by atoms with E-state index >= 15 is 0 Å². The average Bonchev–Trinajstić information content (AvgIpc) is 2.65. The smallest absolute Gasteiger partial charge is 0.110 e. The zero-order chi connectivity index (χ0) is 11.8. The summed E-state index contributed by atoms with van der Waals surface area (Å²) in [6.45, 7) is 7.84. The van der Waals surface area contributed by atoms with E-state index in [2.05, 4.69) is 36.5 Å². The number of rotatable bonds is 5. The highest BCUT2D eigenvalue weighted by molar-refractivity contribution is 5.05. The van der Waals surface area contributed by atoms with Crippen LogP contribution in [0.5, 0.6) is 0 Å². The van der Waals surface area contributed by atoms with Gasteiger partial charge in [-0.25, -0.2) is 4.98 Å². The molecule has 1 heterocycles. The van der Waals surface area contributed by atoms with E-state index in [1.54, 1.807) is 0 Å². The Labute approximate surface area is 98.1 Å². The molecule has 3 nitrogen and oxygen atoms in total. The Morgan fingerprint density at radius 1 is 1.62 bits per heavy atom. The highest BCUT2D eigenvalue weighted by Crippen LogP contribution is 2.53. The molecule has 1 aromatic rings. The van der Waals surface area contributed by atoms with Crippen molar-refractivity contribution < 1.29 is 0 Å². The second kappa shape index (κ2) is 4.21. The van der Waals surface area contributed by atoms with Crippen LogP contribution in [0.3, 0.4) is 0 Å². The summed E-state index contributed by atoms with van der Waals surface area (Å²) in [6, 6.07) is 0.271. The van der Waals surface area contributed by atoms with Crippen molar-refractivity contribution >= 4 is 0 Å². The van der Waals surface area contributed by atoms with Gasteiger partial charge in [-0.2, -0.15) is 0 Å². The zero-order valence-corrected chi connectivity index (χ0v) is 10.6. The molecular weight excluding hydrogens is 198 g/mol. The molecule has 1 fully saturated rings. The van der Waals surface area contributed by atoms with E-state index in [9.17, 15) is 0 Å².